The van der Waals surface area contributed by atoms with Gasteiger partial charge < -0.3 is 5.32 Å². The van der Waals surface area contributed by atoms with E-state index in [1.165, 1.54) is 6.08 Å². The monoisotopic (exact) mass is 275 g/mol. The lowest BCUT2D eigenvalue weighted by molar-refractivity contribution is -0.140. The Bertz CT molecular complexity index is 510. The molecule has 0 radical (unpaired) electrons. The summed E-state index contributed by atoms with van der Waals surface area (Å²) >= 11 is 0. The lowest BCUT2D eigenvalue weighted by Gasteiger charge is -2.08. The van der Waals surface area contributed by atoms with Gasteiger partial charge in [0.05, 0.1) is 0 Å². The first-order chi connectivity index (χ1) is 9.49. The molecule has 6 heteroatoms. The molecule has 0 saturated carbocycles. The zero-order valence-corrected chi connectivity index (χ0v) is 11.3. The molecule has 1 rings (SSSR count). The topological polar surface area (TPSA) is 87.3 Å². The number of amides is 3. The largest absolute Gasteiger partial charge is 0.346 e. The van der Waals surface area contributed by atoms with Crippen LogP contribution in [0.5, 0.6) is 0 Å². The predicted molar refractivity (Wildman–Crippen MR) is 75.0 cm³/mol. The molecular weight excluding hydrogens is 258 g/mol. The number of carbonyl (C=O) groups is 3. The van der Waals surface area contributed by atoms with Gasteiger partial charge >= 0.3 is 11.8 Å². The van der Waals surface area contributed by atoms with Crippen molar-refractivity contribution in [2.24, 2.45) is 0 Å². The van der Waals surface area contributed by atoms with Gasteiger partial charge in [0.2, 0.25) is 0 Å². The van der Waals surface area contributed by atoms with Crippen LogP contribution in [0.3, 0.4) is 0 Å². The minimum Gasteiger partial charge on any atom is -0.346 e. The predicted octanol–water partition coefficient (Wildman–Crippen LogP) is 0.372. The van der Waals surface area contributed by atoms with Gasteiger partial charge in [-0.25, -0.2) is 0 Å². The lowest BCUT2D eigenvalue weighted by atomic mass is 10.2. The number of rotatable bonds is 3. The number of carbonyl (C=O) groups excluding carboxylic acids is 3. The van der Waals surface area contributed by atoms with Gasteiger partial charge in [0.1, 0.15) is 0 Å². The normalized spacial score (nSPS) is 10.3. The second-order valence-electron chi connectivity index (χ2n) is 4.32. The Hall–Kier alpha value is -2.63. The lowest BCUT2D eigenvalue weighted by Crippen LogP contribution is -2.49. The summed E-state index contributed by atoms with van der Waals surface area (Å²) in [7, 11) is 0. The summed E-state index contributed by atoms with van der Waals surface area (Å²) in [5.74, 6) is -2.24. The second-order valence-corrected chi connectivity index (χ2v) is 4.32. The Morgan fingerprint density at radius 1 is 1.00 bits per heavy atom. The molecule has 0 bridgehead atoms. The molecule has 0 atom stereocenters. The van der Waals surface area contributed by atoms with E-state index in [0.717, 1.165) is 5.56 Å². The molecule has 0 aliphatic heterocycles. The van der Waals surface area contributed by atoms with Crippen molar-refractivity contribution in [3.8, 4) is 0 Å². The fourth-order valence-corrected chi connectivity index (χ4v) is 1.28. The van der Waals surface area contributed by atoms with Crippen LogP contribution in [-0.4, -0.2) is 23.8 Å². The molecular formula is C14H17N3O3. The highest BCUT2D eigenvalue weighted by Crippen LogP contribution is 2.00. The third-order valence-electron chi connectivity index (χ3n) is 2.15. The molecule has 3 N–H and O–H groups in total. The summed E-state index contributed by atoms with van der Waals surface area (Å²) < 4.78 is 0. The van der Waals surface area contributed by atoms with Crippen LogP contribution in [0.4, 0.5) is 0 Å². The summed E-state index contributed by atoms with van der Waals surface area (Å²) in [6, 6.07) is 9.06. The molecule has 0 heterocycles. The minimum absolute atomic E-state index is 0.151. The molecule has 0 unspecified atom stereocenters. The van der Waals surface area contributed by atoms with Crippen molar-refractivity contribution in [1.82, 2.24) is 16.2 Å². The van der Waals surface area contributed by atoms with Crippen LogP contribution >= 0.6 is 0 Å². The molecule has 0 spiro atoms. The highest BCUT2D eigenvalue weighted by atomic mass is 16.2. The fraction of sp³-hybridized carbons (Fsp3) is 0.214. The smallest absolute Gasteiger partial charge is 0.327 e. The van der Waals surface area contributed by atoms with Crippen molar-refractivity contribution in [2.45, 2.75) is 19.9 Å². The SMILES string of the molecule is CC(C)NC(=O)C(=O)NNC(=O)/C=C/c1ccccc1. The Balaban J connectivity index is 2.38. The van der Waals surface area contributed by atoms with Crippen molar-refractivity contribution in [3.63, 3.8) is 0 Å². The Kier molecular flexibility index (Phi) is 5.96. The highest BCUT2D eigenvalue weighted by molar-refractivity contribution is 6.35. The first-order valence-corrected chi connectivity index (χ1v) is 6.13. The quantitative estimate of drug-likeness (QED) is 0.423. The molecule has 0 aliphatic rings. The van der Waals surface area contributed by atoms with Crippen molar-refractivity contribution < 1.29 is 14.4 Å². The van der Waals surface area contributed by atoms with E-state index >= 15 is 0 Å². The van der Waals surface area contributed by atoms with Crippen molar-refractivity contribution >= 4 is 23.8 Å². The number of hydrogen-bond acceptors (Lipinski definition) is 3. The van der Waals surface area contributed by atoms with Crippen LogP contribution < -0.4 is 16.2 Å². The maximum absolute atomic E-state index is 11.4. The van der Waals surface area contributed by atoms with E-state index in [-0.39, 0.29) is 6.04 Å². The number of nitrogens with one attached hydrogen (secondary N) is 3. The standard InChI is InChI=1S/C14H17N3O3/c1-10(2)15-13(19)14(20)17-16-12(18)9-8-11-6-4-3-5-7-11/h3-10H,1-2H3,(H,15,19)(H,16,18)(H,17,20)/b9-8+. The molecule has 20 heavy (non-hydrogen) atoms. The van der Waals surface area contributed by atoms with Gasteiger partial charge in [0, 0.05) is 12.1 Å². The van der Waals surface area contributed by atoms with Gasteiger partial charge in [-0.15, -0.1) is 0 Å². The average molecular weight is 275 g/mol. The van der Waals surface area contributed by atoms with E-state index < -0.39 is 17.7 Å². The Morgan fingerprint density at radius 2 is 1.65 bits per heavy atom. The highest BCUT2D eigenvalue weighted by Gasteiger charge is 2.14. The van der Waals surface area contributed by atoms with Gasteiger partial charge in [-0.2, -0.15) is 0 Å². The van der Waals surface area contributed by atoms with Crippen LogP contribution in [0.25, 0.3) is 6.08 Å². The van der Waals surface area contributed by atoms with Gasteiger partial charge in [-0.1, -0.05) is 30.3 Å². The summed E-state index contributed by atoms with van der Waals surface area (Å²) in [5.41, 5.74) is 5.00. The first kappa shape index (κ1) is 15.4. The third-order valence-corrected chi connectivity index (χ3v) is 2.15. The fourth-order valence-electron chi connectivity index (χ4n) is 1.28. The van der Waals surface area contributed by atoms with Crippen LogP contribution in [-0.2, 0) is 14.4 Å². The number of benzene rings is 1. The molecule has 6 nitrogen and oxygen atoms in total. The van der Waals surface area contributed by atoms with E-state index in [4.69, 9.17) is 0 Å². The average Bonchev–Trinajstić information content (AvgIpc) is 2.42. The van der Waals surface area contributed by atoms with Crippen molar-refractivity contribution in [2.75, 3.05) is 0 Å². The van der Waals surface area contributed by atoms with Gasteiger partial charge in [-0.3, -0.25) is 25.2 Å². The summed E-state index contributed by atoms with van der Waals surface area (Å²) in [6.07, 6.45) is 2.85. The molecule has 0 saturated heterocycles. The summed E-state index contributed by atoms with van der Waals surface area (Å²) in [6.45, 7) is 3.46. The van der Waals surface area contributed by atoms with Gasteiger partial charge in [-0.05, 0) is 25.5 Å². The third kappa shape index (κ3) is 5.81. The van der Waals surface area contributed by atoms with E-state index in [2.05, 4.69) is 10.7 Å². The summed E-state index contributed by atoms with van der Waals surface area (Å²) in [5, 5.41) is 2.40. The molecule has 3 amide bonds. The zero-order valence-electron chi connectivity index (χ0n) is 11.3. The van der Waals surface area contributed by atoms with Crippen LogP contribution in [0.2, 0.25) is 0 Å². The zero-order chi connectivity index (χ0) is 15.0. The van der Waals surface area contributed by atoms with Gasteiger partial charge in [0.15, 0.2) is 0 Å². The molecule has 1 aromatic carbocycles. The maximum atomic E-state index is 11.4. The number of hydrogen-bond donors (Lipinski definition) is 3. The molecule has 0 aliphatic carbocycles. The molecule has 0 fully saturated rings. The minimum atomic E-state index is -0.917. The van der Waals surface area contributed by atoms with E-state index in [0.29, 0.717) is 0 Å². The van der Waals surface area contributed by atoms with Gasteiger partial charge in [0.25, 0.3) is 5.91 Å². The molecule has 106 valence electrons. The van der Waals surface area contributed by atoms with Crippen LogP contribution in [0.15, 0.2) is 36.4 Å². The van der Waals surface area contributed by atoms with E-state index in [1.807, 2.05) is 35.8 Å². The second kappa shape index (κ2) is 7.73. The van der Waals surface area contributed by atoms with E-state index in [1.54, 1.807) is 19.9 Å². The maximum Gasteiger partial charge on any atom is 0.327 e. The van der Waals surface area contributed by atoms with Crippen LogP contribution in [0, 0.1) is 0 Å². The van der Waals surface area contributed by atoms with Crippen molar-refractivity contribution in [3.05, 3.63) is 42.0 Å². The molecule has 0 aromatic heterocycles. The number of hydrazine groups is 1. The Morgan fingerprint density at radius 3 is 2.25 bits per heavy atom. The van der Waals surface area contributed by atoms with Crippen LogP contribution in [0.1, 0.15) is 19.4 Å². The first-order valence-electron chi connectivity index (χ1n) is 6.13. The molecule has 1 aromatic rings. The summed E-state index contributed by atoms with van der Waals surface area (Å²) in [4.78, 5) is 34.0. The van der Waals surface area contributed by atoms with E-state index in [9.17, 15) is 14.4 Å². The van der Waals surface area contributed by atoms with Crippen molar-refractivity contribution in [1.29, 1.82) is 0 Å². The Labute approximate surface area is 117 Å².